The van der Waals surface area contributed by atoms with Crippen molar-refractivity contribution in [3.05, 3.63) is 0 Å². The number of carbonyl (C=O) groups is 1. The van der Waals surface area contributed by atoms with Gasteiger partial charge in [0.15, 0.2) is 0 Å². The molecule has 16 heavy (non-hydrogen) atoms. The number of hydrogen-bond acceptors (Lipinski definition) is 4. The van der Waals surface area contributed by atoms with E-state index in [0.29, 0.717) is 5.92 Å². The minimum absolute atomic E-state index is 0.121. The van der Waals surface area contributed by atoms with E-state index < -0.39 is 6.10 Å². The molecule has 2 unspecified atom stereocenters. The Morgan fingerprint density at radius 2 is 2.19 bits per heavy atom. The van der Waals surface area contributed by atoms with Crippen molar-refractivity contribution in [3.63, 3.8) is 0 Å². The molecule has 0 aromatic rings. The lowest BCUT2D eigenvalue weighted by molar-refractivity contribution is -0.131. The highest BCUT2D eigenvalue weighted by Gasteiger charge is 2.24. The molecule has 0 aromatic carbocycles. The van der Waals surface area contributed by atoms with E-state index in [1.165, 1.54) is 7.11 Å². The third-order valence-electron chi connectivity index (χ3n) is 3.13. The van der Waals surface area contributed by atoms with Gasteiger partial charge >= 0.3 is 0 Å². The first-order valence-corrected chi connectivity index (χ1v) is 5.80. The van der Waals surface area contributed by atoms with Crippen molar-refractivity contribution >= 4 is 5.91 Å². The second-order valence-electron chi connectivity index (χ2n) is 4.21. The molecule has 0 spiro atoms. The maximum atomic E-state index is 11.7. The molecule has 94 valence electrons. The molecule has 5 nitrogen and oxygen atoms in total. The van der Waals surface area contributed by atoms with E-state index in [-0.39, 0.29) is 18.5 Å². The quantitative estimate of drug-likeness (QED) is 0.691. The van der Waals surface area contributed by atoms with Crippen LogP contribution in [0.2, 0.25) is 0 Å². The highest BCUT2D eigenvalue weighted by Crippen LogP contribution is 2.18. The van der Waals surface area contributed by atoms with Gasteiger partial charge in [0.2, 0.25) is 0 Å². The Bertz CT molecular complexity index is 213. The predicted molar refractivity (Wildman–Crippen MR) is 61.0 cm³/mol. The van der Waals surface area contributed by atoms with Gasteiger partial charge in [-0.3, -0.25) is 4.79 Å². The largest absolute Gasteiger partial charge is 0.381 e. The molecule has 0 aliphatic carbocycles. The van der Waals surface area contributed by atoms with Crippen molar-refractivity contribution in [2.75, 3.05) is 26.9 Å². The molecule has 0 bridgehead atoms. The lowest BCUT2D eigenvalue weighted by Gasteiger charge is -2.29. The smallest absolute Gasteiger partial charge is 0.250 e. The lowest BCUT2D eigenvalue weighted by Crippen LogP contribution is -2.47. The van der Waals surface area contributed by atoms with Crippen molar-refractivity contribution in [2.45, 2.75) is 31.9 Å². The van der Waals surface area contributed by atoms with Crippen LogP contribution in [0.25, 0.3) is 0 Å². The molecule has 2 atom stereocenters. The van der Waals surface area contributed by atoms with E-state index in [2.05, 4.69) is 5.32 Å². The monoisotopic (exact) mass is 230 g/mol. The summed E-state index contributed by atoms with van der Waals surface area (Å²) >= 11 is 0. The average Bonchev–Trinajstić information content (AvgIpc) is 2.31. The molecule has 1 amide bonds. The molecule has 1 aliphatic rings. The topological polar surface area (TPSA) is 73.6 Å². The van der Waals surface area contributed by atoms with E-state index in [1.54, 1.807) is 0 Å². The van der Waals surface area contributed by atoms with Gasteiger partial charge in [0.1, 0.15) is 6.10 Å². The minimum Gasteiger partial charge on any atom is -0.381 e. The molecular formula is C11H22N2O3. The number of ether oxygens (including phenoxy) is 2. The third-order valence-corrected chi connectivity index (χ3v) is 3.13. The number of nitrogens with one attached hydrogen (secondary N) is 1. The van der Waals surface area contributed by atoms with Crippen LogP contribution in [0.1, 0.15) is 19.8 Å². The second kappa shape index (κ2) is 6.83. The summed E-state index contributed by atoms with van der Waals surface area (Å²) in [6.07, 6.45) is 1.46. The van der Waals surface area contributed by atoms with Gasteiger partial charge in [-0.2, -0.15) is 0 Å². The number of hydrogen-bond donors (Lipinski definition) is 2. The summed E-state index contributed by atoms with van der Waals surface area (Å²) in [5.41, 5.74) is 5.43. The van der Waals surface area contributed by atoms with E-state index in [4.69, 9.17) is 15.2 Å². The predicted octanol–water partition coefficient (Wildman–Crippen LogP) is -0.109. The van der Waals surface area contributed by atoms with Gasteiger partial charge in [-0.05, 0) is 25.7 Å². The normalized spacial score (nSPS) is 21.4. The summed E-state index contributed by atoms with van der Waals surface area (Å²) in [6, 6.07) is 0.153. The summed E-state index contributed by atoms with van der Waals surface area (Å²) in [5.74, 6) is 0.372. The highest BCUT2D eigenvalue weighted by atomic mass is 16.5. The fraction of sp³-hybridized carbons (Fsp3) is 0.909. The molecular weight excluding hydrogens is 208 g/mol. The standard InChI is InChI=1S/C11H22N2O3/c1-8(9-3-5-16-6-4-9)13-11(14)10(7-12)15-2/h8-10H,3-7,12H2,1-2H3,(H,13,14). The van der Waals surface area contributed by atoms with E-state index >= 15 is 0 Å². The first kappa shape index (κ1) is 13.4. The van der Waals surface area contributed by atoms with Gasteiger partial charge in [-0.1, -0.05) is 0 Å². The molecule has 1 heterocycles. The zero-order valence-corrected chi connectivity index (χ0v) is 10.1. The summed E-state index contributed by atoms with van der Waals surface area (Å²) in [7, 11) is 1.50. The van der Waals surface area contributed by atoms with Crippen LogP contribution in [-0.4, -0.2) is 44.9 Å². The SMILES string of the molecule is COC(CN)C(=O)NC(C)C1CCOCC1. The molecule has 0 radical (unpaired) electrons. The van der Waals surface area contributed by atoms with Crippen LogP contribution >= 0.6 is 0 Å². The molecule has 5 heteroatoms. The number of amides is 1. The third kappa shape index (κ3) is 3.73. The first-order chi connectivity index (χ1) is 7.69. The van der Waals surface area contributed by atoms with Crippen LogP contribution < -0.4 is 11.1 Å². The van der Waals surface area contributed by atoms with Gasteiger partial charge < -0.3 is 20.5 Å². The Hall–Kier alpha value is -0.650. The Kier molecular flexibility index (Phi) is 5.73. The summed E-state index contributed by atoms with van der Waals surface area (Å²) in [6.45, 7) is 3.81. The van der Waals surface area contributed by atoms with Gasteiger partial charge in [-0.15, -0.1) is 0 Å². The second-order valence-corrected chi connectivity index (χ2v) is 4.21. The molecule has 0 aromatic heterocycles. The average molecular weight is 230 g/mol. The molecule has 1 fully saturated rings. The first-order valence-electron chi connectivity index (χ1n) is 5.80. The van der Waals surface area contributed by atoms with Gasteiger partial charge in [0.05, 0.1) is 0 Å². The zero-order chi connectivity index (χ0) is 12.0. The van der Waals surface area contributed by atoms with Crippen LogP contribution in [0.4, 0.5) is 0 Å². The maximum absolute atomic E-state index is 11.7. The highest BCUT2D eigenvalue weighted by molar-refractivity contribution is 5.81. The van der Waals surface area contributed by atoms with Crippen molar-refractivity contribution in [2.24, 2.45) is 11.7 Å². The number of rotatable bonds is 5. The van der Waals surface area contributed by atoms with Crippen LogP contribution in [0, 0.1) is 5.92 Å². The molecule has 1 aliphatic heterocycles. The summed E-state index contributed by atoms with van der Waals surface area (Å²) < 4.78 is 10.3. The fourth-order valence-electron chi connectivity index (χ4n) is 1.96. The summed E-state index contributed by atoms with van der Waals surface area (Å²) in [4.78, 5) is 11.7. The maximum Gasteiger partial charge on any atom is 0.250 e. The van der Waals surface area contributed by atoms with E-state index in [1.807, 2.05) is 6.92 Å². The van der Waals surface area contributed by atoms with Crippen molar-refractivity contribution in [3.8, 4) is 0 Å². The lowest BCUT2D eigenvalue weighted by atomic mass is 9.93. The number of methoxy groups -OCH3 is 1. The van der Waals surface area contributed by atoms with Crippen molar-refractivity contribution in [1.29, 1.82) is 0 Å². The Morgan fingerprint density at radius 3 is 2.69 bits per heavy atom. The molecule has 1 saturated heterocycles. The van der Waals surface area contributed by atoms with E-state index in [0.717, 1.165) is 26.1 Å². The van der Waals surface area contributed by atoms with Gasteiger partial charge in [0.25, 0.3) is 5.91 Å². The Labute approximate surface area is 96.7 Å². The number of nitrogens with two attached hydrogens (primary N) is 1. The summed E-state index contributed by atoms with van der Waals surface area (Å²) in [5, 5.41) is 2.95. The molecule has 3 N–H and O–H groups in total. The van der Waals surface area contributed by atoms with Crippen molar-refractivity contribution < 1.29 is 14.3 Å². The van der Waals surface area contributed by atoms with Gasteiger partial charge in [0, 0.05) is 32.9 Å². The van der Waals surface area contributed by atoms with Crippen LogP contribution in [0.5, 0.6) is 0 Å². The number of carbonyl (C=O) groups excluding carboxylic acids is 1. The van der Waals surface area contributed by atoms with Gasteiger partial charge in [-0.25, -0.2) is 0 Å². The van der Waals surface area contributed by atoms with Crippen LogP contribution in [0.3, 0.4) is 0 Å². The molecule has 0 saturated carbocycles. The minimum atomic E-state index is -0.540. The van der Waals surface area contributed by atoms with Crippen molar-refractivity contribution in [1.82, 2.24) is 5.32 Å². The van der Waals surface area contributed by atoms with Crippen LogP contribution in [-0.2, 0) is 14.3 Å². The van der Waals surface area contributed by atoms with E-state index in [9.17, 15) is 4.79 Å². The van der Waals surface area contributed by atoms with Crippen LogP contribution in [0.15, 0.2) is 0 Å². The Balaban J connectivity index is 2.36. The fourth-order valence-corrected chi connectivity index (χ4v) is 1.96. The zero-order valence-electron chi connectivity index (χ0n) is 10.1. The Morgan fingerprint density at radius 1 is 1.56 bits per heavy atom. The molecule has 1 rings (SSSR count).